The van der Waals surface area contributed by atoms with Gasteiger partial charge < -0.3 is 15.0 Å². The standard InChI is InChI=1S/C13H19ClN2O3/c1-16-9-10(14)8-11(16)13(19)15-7-5-3-2-4-6-12(17)18/h8-9H,2-7H2,1H3,(H,15,19)(H,17,18). The van der Waals surface area contributed by atoms with Crippen molar-refractivity contribution in [2.45, 2.75) is 32.1 Å². The van der Waals surface area contributed by atoms with E-state index in [1.165, 1.54) is 0 Å². The lowest BCUT2D eigenvalue weighted by molar-refractivity contribution is -0.137. The van der Waals surface area contributed by atoms with E-state index in [1.807, 2.05) is 0 Å². The van der Waals surface area contributed by atoms with Crippen LogP contribution >= 0.6 is 11.6 Å². The van der Waals surface area contributed by atoms with Crippen LogP contribution in [0.3, 0.4) is 0 Å². The maximum Gasteiger partial charge on any atom is 0.303 e. The molecule has 1 heterocycles. The number of aryl methyl sites for hydroxylation is 1. The molecular weight excluding hydrogens is 268 g/mol. The number of carboxylic acid groups (broad SMARTS) is 1. The molecule has 1 aromatic rings. The van der Waals surface area contributed by atoms with Gasteiger partial charge in [-0.25, -0.2) is 0 Å². The number of amides is 1. The van der Waals surface area contributed by atoms with Crippen molar-refractivity contribution < 1.29 is 14.7 Å². The molecule has 2 N–H and O–H groups in total. The molecule has 1 amide bonds. The highest BCUT2D eigenvalue weighted by Gasteiger charge is 2.09. The van der Waals surface area contributed by atoms with Crippen molar-refractivity contribution in [3.63, 3.8) is 0 Å². The van der Waals surface area contributed by atoms with Gasteiger partial charge in [0, 0.05) is 26.2 Å². The number of rotatable bonds is 8. The van der Waals surface area contributed by atoms with Gasteiger partial charge in [0.1, 0.15) is 5.69 Å². The van der Waals surface area contributed by atoms with Gasteiger partial charge in [-0.2, -0.15) is 0 Å². The molecule has 0 bridgehead atoms. The van der Waals surface area contributed by atoms with E-state index in [0.29, 0.717) is 23.7 Å². The molecule has 0 saturated carbocycles. The quantitative estimate of drug-likeness (QED) is 0.721. The Morgan fingerprint density at radius 1 is 1.32 bits per heavy atom. The van der Waals surface area contributed by atoms with Gasteiger partial charge in [-0.15, -0.1) is 0 Å². The first kappa shape index (κ1) is 15.6. The van der Waals surface area contributed by atoms with Crippen molar-refractivity contribution in [3.8, 4) is 0 Å². The number of aromatic nitrogens is 1. The summed E-state index contributed by atoms with van der Waals surface area (Å²) in [6, 6.07) is 1.63. The number of nitrogens with zero attached hydrogens (tertiary/aromatic N) is 1. The molecule has 6 heteroatoms. The topological polar surface area (TPSA) is 71.3 Å². The molecule has 0 aliphatic rings. The first-order valence-electron chi connectivity index (χ1n) is 6.32. The predicted octanol–water partition coefficient (Wildman–Crippen LogP) is 2.44. The molecule has 0 aromatic carbocycles. The number of nitrogens with one attached hydrogen (secondary N) is 1. The zero-order valence-corrected chi connectivity index (χ0v) is 11.7. The van der Waals surface area contributed by atoms with Crippen LogP contribution in [-0.2, 0) is 11.8 Å². The van der Waals surface area contributed by atoms with Gasteiger partial charge in [0.25, 0.3) is 5.91 Å². The molecule has 0 saturated heterocycles. The molecule has 0 spiro atoms. The van der Waals surface area contributed by atoms with Gasteiger partial charge >= 0.3 is 5.97 Å². The third-order valence-electron chi connectivity index (χ3n) is 2.81. The maximum absolute atomic E-state index is 11.8. The minimum absolute atomic E-state index is 0.139. The van der Waals surface area contributed by atoms with Crippen LogP contribution in [0.25, 0.3) is 0 Å². The second-order valence-corrected chi connectivity index (χ2v) is 4.90. The molecule has 0 radical (unpaired) electrons. The van der Waals surface area contributed by atoms with Crippen LogP contribution in [0.2, 0.25) is 5.02 Å². The summed E-state index contributed by atoms with van der Waals surface area (Å²) >= 11 is 5.81. The van der Waals surface area contributed by atoms with Gasteiger partial charge in [-0.1, -0.05) is 24.4 Å². The number of carbonyl (C=O) groups excluding carboxylic acids is 1. The summed E-state index contributed by atoms with van der Waals surface area (Å²) in [6.45, 7) is 0.592. The molecule has 0 atom stereocenters. The Labute approximate surface area is 117 Å². The molecule has 0 fully saturated rings. The SMILES string of the molecule is Cn1cc(Cl)cc1C(=O)NCCCCCCC(=O)O. The summed E-state index contributed by atoms with van der Waals surface area (Å²) in [5.41, 5.74) is 0.538. The van der Waals surface area contributed by atoms with Crippen LogP contribution < -0.4 is 5.32 Å². The van der Waals surface area contributed by atoms with E-state index in [1.54, 1.807) is 23.9 Å². The van der Waals surface area contributed by atoms with Crippen molar-refractivity contribution in [2.75, 3.05) is 6.54 Å². The van der Waals surface area contributed by atoms with E-state index < -0.39 is 5.97 Å². The van der Waals surface area contributed by atoms with E-state index in [4.69, 9.17) is 16.7 Å². The van der Waals surface area contributed by atoms with Crippen LogP contribution in [-0.4, -0.2) is 28.1 Å². The summed E-state index contributed by atoms with van der Waals surface area (Å²) in [5, 5.41) is 11.8. The van der Waals surface area contributed by atoms with Gasteiger partial charge in [0.2, 0.25) is 0 Å². The summed E-state index contributed by atoms with van der Waals surface area (Å²) in [4.78, 5) is 22.1. The Hall–Kier alpha value is -1.49. The minimum atomic E-state index is -0.756. The fourth-order valence-corrected chi connectivity index (χ4v) is 2.05. The average Bonchev–Trinajstić information content (AvgIpc) is 2.66. The largest absolute Gasteiger partial charge is 0.481 e. The number of hydrogen-bond donors (Lipinski definition) is 2. The predicted molar refractivity (Wildman–Crippen MR) is 73.5 cm³/mol. The van der Waals surface area contributed by atoms with E-state index in [2.05, 4.69) is 5.32 Å². The van der Waals surface area contributed by atoms with E-state index in [0.717, 1.165) is 19.3 Å². The van der Waals surface area contributed by atoms with E-state index in [-0.39, 0.29) is 12.3 Å². The molecule has 0 unspecified atom stereocenters. The Kier molecular flexibility index (Phi) is 6.42. The van der Waals surface area contributed by atoms with Crippen LogP contribution in [0.5, 0.6) is 0 Å². The summed E-state index contributed by atoms with van der Waals surface area (Å²) in [7, 11) is 1.77. The number of aliphatic carboxylic acids is 1. The summed E-state index contributed by atoms with van der Waals surface area (Å²) < 4.78 is 1.69. The molecule has 19 heavy (non-hydrogen) atoms. The zero-order valence-electron chi connectivity index (χ0n) is 11.0. The lowest BCUT2D eigenvalue weighted by Crippen LogP contribution is -2.26. The molecule has 5 nitrogen and oxygen atoms in total. The highest BCUT2D eigenvalue weighted by atomic mass is 35.5. The fourth-order valence-electron chi connectivity index (χ4n) is 1.80. The number of carbonyl (C=O) groups is 2. The second-order valence-electron chi connectivity index (χ2n) is 4.47. The first-order valence-corrected chi connectivity index (χ1v) is 6.70. The van der Waals surface area contributed by atoms with Gasteiger partial charge in [-0.3, -0.25) is 9.59 Å². The second kappa shape index (κ2) is 7.84. The Balaban J connectivity index is 2.14. The lowest BCUT2D eigenvalue weighted by Gasteiger charge is -2.05. The van der Waals surface area contributed by atoms with Crippen LogP contribution in [0, 0.1) is 0 Å². The summed E-state index contributed by atoms with van der Waals surface area (Å²) in [5.74, 6) is -0.895. The van der Waals surface area contributed by atoms with Gasteiger partial charge in [0.15, 0.2) is 0 Å². The Morgan fingerprint density at radius 3 is 2.58 bits per heavy atom. The smallest absolute Gasteiger partial charge is 0.303 e. The third kappa shape index (κ3) is 5.79. The molecule has 1 aromatic heterocycles. The van der Waals surface area contributed by atoms with Crippen molar-refractivity contribution in [3.05, 3.63) is 23.0 Å². The monoisotopic (exact) mass is 286 g/mol. The molecule has 106 valence electrons. The zero-order chi connectivity index (χ0) is 14.3. The van der Waals surface area contributed by atoms with Gasteiger partial charge in [-0.05, 0) is 18.9 Å². The average molecular weight is 287 g/mol. The van der Waals surface area contributed by atoms with Crippen molar-refractivity contribution in [1.29, 1.82) is 0 Å². The van der Waals surface area contributed by atoms with Crippen molar-refractivity contribution in [2.24, 2.45) is 7.05 Å². The third-order valence-corrected chi connectivity index (χ3v) is 3.01. The Bertz CT molecular complexity index is 443. The molecule has 1 rings (SSSR count). The molecule has 0 aliphatic heterocycles. The number of unbranched alkanes of at least 4 members (excludes halogenated alkanes) is 3. The van der Waals surface area contributed by atoms with Crippen LogP contribution in [0.4, 0.5) is 0 Å². The van der Waals surface area contributed by atoms with Crippen molar-refractivity contribution in [1.82, 2.24) is 9.88 Å². The molecular formula is C13H19ClN2O3. The minimum Gasteiger partial charge on any atom is -0.481 e. The lowest BCUT2D eigenvalue weighted by atomic mass is 10.1. The molecule has 0 aliphatic carbocycles. The van der Waals surface area contributed by atoms with E-state index >= 15 is 0 Å². The van der Waals surface area contributed by atoms with Crippen molar-refractivity contribution >= 4 is 23.5 Å². The van der Waals surface area contributed by atoms with Gasteiger partial charge in [0.05, 0.1) is 5.02 Å². The summed E-state index contributed by atoms with van der Waals surface area (Å²) in [6.07, 6.45) is 5.23. The van der Waals surface area contributed by atoms with E-state index in [9.17, 15) is 9.59 Å². The van der Waals surface area contributed by atoms with Crippen LogP contribution in [0.15, 0.2) is 12.3 Å². The highest BCUT2D eigenvalue weighted by Crippen LogP contribution is 2.12. The number of halogens is 1. The first-order chi connectivity index (χ1) is 9.00. The Morgan fingerprint density at radius 2 is 2.00 bits per heavy atom. The van der Waals surface area contributed by atoms with Crippen LogP contribution in [0.1, 0.15) is 42.6 Å². The number of hydrogen-bond acceptors (Lipinski definition) is 2. The fraction of sp³-hybridized carbons (Fsp3) is 0.538. The highest BCUT2D eigenvalue weighted by molar-refractivity contribution is 6.31. The normalized spacial score (nSPS) is 10.4. The number of carboxylic acids is 1. The maximum atomic E-state index is 11.8.